The van der Waals surface area contributed by atoms with E-state index in [2.05, 4.69) is 4.74 Å². The lowest BCUT2D eigenvalue weighted by molar-refractivity contribution is -0.153. The highest BCUT2D eigenvalue weighted by Gasteiger charge is 2.46. The number of carbonyl (C=O) groups is 2. The fourth-order valence-corrected chi connectivity index (χ4v) is 1.69. The van der Waals surface area contributed by atoms with Crippen molar-refractivity contribution in [1.29, 1.82) is 0 Å². The van der Waals surface area contributed by atoms with Crippen molar-refractivity contribution < 1.29 is 19.1 Å². The van der Waals surface area contributed by atoms with Gasteiger partial charge in [0.2, 0.25) is 5.91 Å². The van der Waals surface area contributed by atoms with Crippen LogP contribution in [0.25, 0.3) is 0 Å². The SMILES string of the molecule is COC(=O)C(Cl)=C1COC2CC(=O)N12. The molecule has 5 nitrogen and oxygen atoms in total. The molecule has 2 heterocycles. The zero-order valence-electron chi connectivity index (χ0n) is 7.45. The summed E-state index contributed by atoms with van der Waals surface area (Å²) in [5.74, 6) is -0.727. The van der Waals surface area contributed by atoms with E-state index in [0.29, 0.717) is 12.1 Å². The first-order chi connectivity index (χ1) is 6.65. The molecule has 0 aromatic carbocycles. The molecule has 2 rings (SSSR count). The number of fused-ring (bicyclic) bond motifs is 1. The number of hydrogen-bond donors (Lipinski definition) is 0. The zero-order chi connectivity index (χ0) is 10.3. The second-order valence-corrected chi connectivity index (χ2v) is 3.36. The van der Waals surface area contributed by atoms with Gasteiger partial charge in [-0.2, -0.15) is 0 Å². The summed E-state index contributed by atoms with van der Waals surface area (Å²) in [4.78, 5) is 23.6. The van der Waals surface area contributed by atoms with Crippen LogP contribution in [0.4, 0.5) is 0 Å². The number of carbonyl (C=O) groups excluding carboxylic acids is 2. The summed E-state index contributed by atoms with van der Waals surface area (Å²) in [6, 6.07) is 0. The third-order valence-corrected chi connectivity index (χ3v) is 2.60. The van der Waals surface area contributed by atoms with Gasteiger partial charge in [-0.15, -0.1) is 0 Å². The summed E-state index contributed by atoms with van der Waals surface area (Å²) in [6.45, 7) is 0.185. The maximum atomic E-state index is 11.1. The minimum absolute atomic E-state index is 0.0791. The van der Waals surface area contributed by atoms with Gasteiger partial charge in [0.05, 0.1) is 25.8 Å². The van der Waals surface area contributed by atoms with Gasteiger partial charge in [-0.25, -0.2) is 4.79 Å². The Morgan fingerprint density at radius 1 is 1.71 bits per heavy atom. The molecule has 0 radical (unpaired) electrons. The molecule has 0 bridgehead atoms. The van der Waals surface area contributed by atoms with Gasteiger partial charge >= 0.3 is 5.97 Å². The standard InChI is InChI=1S/C8H8ClNO4/c1-13-8(12)7(9)4-3-14-6-2-5(11)10(4)6/h6H,2-3H2,1H3. The summed E-state index contributed by atoms with van der Waals surface area (Å²) in [6.07, 6.45) is 0.116. The van der Waals surface area contributed by atoms with Crippen LogP contribution in [-0.4, -0.2) is 36.7 Å². The topological polar surface area (TPSA) is 55.8 Å². The number of halogens is 1. The van der Waals surface area contributed by atoms with Crippen molar-refractivity contribution in [2.75, 3.05) is 13.7 Å². The van der Waals surface area contributed by atoms with Crippen LogP contribution in [0.2, 0.25) is 0 Å². The highest BCUT2D eigenvalue weighted by atomic mass is 35.5. The molecule has 0 aliphatic carbocycles. The van der Waals surface area contributed by atoms with Gasteiger partial charge in [0.25, 0.3) is 0 Å². The Morgan fingerprint density at radius 2 is 2.43 bits per heavy atom. The highest BCUT2D eigenvalue weighted by Crippen LogP contribution is 2.34. The van der Waals surface area contributed by atoms with Crippen LogP contribution in [0.3, 0.4) is 0 Å². The number of hydrogen-bond acceptors (Lipinski definition) is 4. The molecule has 76 valence electrons. The molecule has 0 N–H and O–H groups in total. The third kappa shape index (κ3) is 1.20. The first-order valence-electron chi connectivity index (χ1n) is 4.05. The molecule has 1 atom stereocenters. The predicted octanol–water partition coefficient (Wildman–Crippen LogP) is 0.198. The Morgan fingerprint density at radius 3 is 3.00 bits per heavy atom. The highest BCUT2D eigenvalue weighted by molar-refractivity contribution is 6.41. The van der Waals surface area contributed by atoms with Crippen molar-refractivity contribution in [3.05, 3.63) is 10.7 Å². The number of methoxy groups -OCH3 is 1. The molecule has 1 amide bonds. The van der Waals surface area contributed by atoms with E-state index in [1.165, 1.54) is 12.0 Å². The van der Waals surface area contributed by atoms with Gasteiger partial charge in [-0.05, 0) is 0 Å². The quantitative estimate of drug-likeness (QED) is 0.358. The van der Waals surface area contributed by atoms with E-state index in [4.69, 9.17) is 16.3 Å². The summed E-state index contributed by atoms with van der Waals surface area (Å²) >= 11 is 5.73. The summed E-state index contributed by atoms with van der Waals surface area (Å²) in [5.41, 5.74) is 0.403. The first kappa shape index (κ1) is 9.48. The molecular weight excluding hydrogens is 210 g/mol. The van der Waals surface area contributed by atoms with E-state index in [0.717, 1.165) is 0 Å². The number of esters is 1. The Hall–Kier alpha value is -1.07. The monoisotopic (exact) mass is 217 g/mol. The second kappa shape index (κ2) is 3.25. The lowest BCUT2D eigenvalue weighted by Gasteiger charge is -2.32. The number of β-lactam (4-membered cyclic amide) rings is 1. The van der Waals surface area contributed by atoms with Crippen molar-refractivity contribution in [3.63, 3.8) is 0 Å². The van der Waals surface area contributed by atoms with Crippen molar-refractivity contribution in [1.82, 2.24) is 4.90 Å². The van der Waals surface area contributed by atoms with E-state index in [1.54, 1.807) is 0 Å². The number of nitrogens with zero attached hydrogens (tertiary/aromatic N) is 1. The Balaban J connectivity index is 2.26. The lowest BCUT2D eigenvalue weighted by atomic mass is 10.1. The van der Waals surface area contributed by atoms with Crippen LogP contribution in [0, 0.1) is 0 Å². The third-order valence-electron chi connectivity index (χ3n) is 2.23. The van der Waals surface area contributed by atoms with Gasteiger partial charge in [-0.3, -0.25) is 9.69 Å². The van der Waals surface area contributed by atoms with Crippen molar-refractivity contribution in [2.45, 2.75) is 12.6 Å². The van der Waals surface area contributed by atoms with E-state index in [-0.39, 0.29) is 23.8 Å². The van der Waals surface area contributed by atoms with Crippen molar-refractivity contribution in [3.8, 4) is 0 Å². The molecule has 1 unspecified atom stereocenters. The second-order valence-electron chi connectivity index (χ2n) is 2.99. The lowest BCUT2D eigenvalue weighted by Crippen LogP contribution is -2.48. The maximum absolute atomic E-state index is 11.1. The van der Waals surface area contributed by atoms with Crippen LogP contribution in [0.5, 0.6) is 0 Å². The number of rotatable bonds is 1. The van der Waals surface area contributed by atoms with Crippen LogP contribution in [-0.2, 0) is 19.1 Å². The average molecular weight is 218 g/mol. The Labute approximate surface area is 85.2 Å². The first-order valence-corrected chi connectivity index (χ1v) is 4.43. The van der Waals surface area contributed by atoms with E-state index in [9.17, 15) is 9.59 Å². The molecule has 0 spiro atoms. The van der Waals surface area contributed by atoms with Gasteiger partial charge in [0.15, 0.2) is 0 Å². The molecule has 0 aromatic heterocycles. The Bertz CT molecular complexity index is 338. The number of amides is 1. The molecule has 2 fully saturated rings. The zero-order valence-corrected chi connectivity index (χ0v) is 8.21. The van der Waals surface area contributed by atoms with Crippen LogP contribution in [0.15, 0.2) is 10.7 Å². The average Bonchev–Trinajstić information content (AvgIpc) is 2.52. The van der Waals surface area contributed by atoms with Gasteiger partial charge < -0.3 is 9.47 Å². The minimum atomic E-state index is -0.648. The summed E-state index contributed by atoms with van der Waals surface area (Å²) < 4.78 is 9.65. The van der Waals surface area contributed by atoms with Gasteiger partial charge in [-0.1, -0.05) is 11.6 Å². The van der Waals surface area contributed by atoms with E-state index >= 15 is 0 Å². The maximum Gasteiger partial charge on any atom is 0.351 e. The van der Waals surface area contributed by atoms with Crippen molar-refractivity contribution >= 4 is 23.5 Å². The van der Waals surface area contributed by atoms with E-state index < -0.39 is 5.97 Å². The molecule has 14 heavy (non-hydrogen) atoms. The van der Waals surface area contributed by atoms with E-state index in [1.807, 2.05) is 0 Å². The number of ether oxygens (including phenoxy) is 2. The van der Waals surface area contributed by atoms with Crippen LogP contribution in [0.1, 0.15) is 6.42 Å². The molecule has 2 aliphatic heterocycles. The molecule has 2 aliphatic rings. The molecule has 0 aromatic rings. The summed E-state index contributed by atoms with van der Waals surface area (Å²) in [7, 11) is 1.23. The largest absolute Gasteiger partial charge is 0.465 e. The fraction of sp³-hybridized carbons (Fsp3) is 0.500. The summed E-state index contributed by atoms with van der Waals surface area (Å²) in [5, 5.41) is -0.0805. The molecular formula is C8H8ClNO4. The molecule has 2 saturated heterocycles. The van der Waals surface area contributed by atoms with Crippen molar-refractivity contribution in [2.24, 2.45) is 0 Å². The normalized spacial score (nSPS) is 28.3. The van der Waals surface area contributed by atoms with Gasteiger partial charge in [0, 0.05) is 0 Å². The molecule has 0 saturated carbocycles. The van der Waals surface area contributed by atoms with Crippen LogP contribution < -0.4 is 0 Å². The predicted molar refractivity (Wildman–Crippen MR) is 46.1 cm³/mol. The van der Waals surface area contributed by atoms with Gasteiger partial charge in [0.1, 0.15) is 11.3 Å². The fourth-order valence-electron chi connectivity index (χ4n) is 1.47. The Kier molecular flexibility index (Phi) is 2.20. The minimum Gasteiger partial charge on any atom is -0.465 e. The van der Waals surface area contributed by atoms with Crippen LogP contribution >= 0.6 is 11.6 Å². The smallest absolute Gasteiger partial charge is 0.351 e. The molecule has 6 heteroatoms.